The van der Waals surface area contributed by atoms with Gasteiger partial charge in [-0.3, -0.25) is 4.90 Å². The zero-order chi connectivity index (χ0) is 18.4. The van der Waals surface area contributed by atoms with Crippen molar-refractivity contribution in [2.45, 2.75) is 38.9 Å². The number of hydrogen-bond acceptors (Lipinski definition) is 1. The van der Waals surface area contributed by atoms with Gasteiger partial charge in [-0.1, -0.05) is 12.1 Å². The smallest absolute Gasteiger partial charge is 0.150 e. The molecule has 0 aliphatic carbocycles. The van der Waals surface area contributed by atoms with Crippen molar-refractivity contribution in [2.24, 2.45) is 0 Å². The summed E-state index contributed by atoms with van der Waals surface area (Å²) < 4.78 is 43.6. The number of halogens is 3. The lowest BCUT2D eigenvalue weighted by Crippen LogP contribution is -2.35. The highest BCUT2D eigenvalue weighted by Gasteiger charge is 2.28. The Balaban J connectivity index is 1.80. The molecule has 1 aromatic heterocycles. The highest BCUT2D eigenvalue weighted by atomic mass is 19.1. The van der Waals surface area contributed by atoms with Crippen LogP contribution in [0.1, 0.15) is 23.7 Å². The third-order valence-electron chi connectivity index (χ3n) is 5.48. The summed E-state index contributed by atoms with van der Waals surface area (Å²) in [6, 6.07) is 9.10. The molecular weight excluding hydrogens is 337 g/mol. The van der Waals surface area contributed by atoms with E-state index >= 15 is 0 Å². The Morgan fingerprint density at radius 3 is 2.50 bits per heavy atom. The second-order valence-corrected chi connectivity index (χ2v) is 7.21. The van der Waals surface area contributed by atoms with Gasteiger partial charge in [0.25, 0.3) is 0 Å². The first-order chi connectivity index (χ1) is 12.4. The van der Waals surface area contributed by atoms with Crippen molar-refractivity contribution in [3.05, 3.63) is 70.7 Å². The van der Waals surface area contributed by atoms with Gasteiger partial charge >= 0.3 is 0 Å². The van der Waals surface area contributed by atoms with Crippen LogP contribution < -0.4 is 0 Å². The van der Waals surface area contributed by atoms with Crippen molar-refractivity contribution in [1.29, 1.82) is 0 Å². The number of rotatable bonds is 3. The van der Waals surface area contributed by atoms with Gasteiger partial charge in [-0.05, 0) is 49.7 Å². The maximum Gasteiger partial charge on any atom is 0.150 e. The van der Waals surface area contributed by atoms with Gasteiger partial charge in [-0.25, -0.2) is 13.2 Å². The summed E-state index contributed by atoms with van der Waals surface area (Å²) in [6.07, 6.45) is 1.46. The maximum atomic E-state index is 14.6. The SMILES string of the molecule is CC1Cc2c(c3cc(F)cc(F)c3n2CCc2ccc(F)cc2)CN1C. The van der Waals surface area contributed by atoms with Crippen LogP contribution in [0.15, 0.2) is 36.4 Å². The molecule has 2 heterocycles. The summed E-state index contributed by atoms with van der Waals surface area (Å²) in [4.78, 5) is 2.20. The van der Waals surface area contributed by atoms with Gasteiger partial charge in [-0.2, -0.15) is 0 Å². The molecule has 2 nitrogen and oxygen atoms in total. The molecule has 0 saturated heterocycles. The first kappa shape index (κ1) is 17.2. The van der Waals surface area contributed by atoms with E-state index in [9.17, 15) is 13.2 Å². The van der Waals surface area contributed by atoms with E-state index in [0.717, 1.165) is 29.3 Å². The minimum absolute atomic E-state index is 0.268. The van der Waals surface area contributed by atoms with Crippen LogP contribution in [0, 0.1) is 17.5 Å². The number of hydrogen-bond donors (Lipinski definition) is 0. The van der Waals surface area contributed by atoms with Crippen molar-refractivity contribution >= 4 is 10.9 Å². The lowest BCUT2D eigenvalue weighted by molar-refractivity contribution is 0.228. The zero-order valence-electron chi connectivity index (χ0n) is 14.9. The van der Waals surface area contributed by atoms with Crippen molar-refractivity contribution in [3.8, 4) is 0 Å². The topological polar surface area (TPSA) is 8.17 Å². The molecule has 2 aromatic carbocycles. The van der Waals surface area contributed by atoms with Gasteiger partial charge in [-0.15, -0.1) is 0 Å². The average Bonchev–Trinajstić information content (AvgIpc) is 2.88. The molecule has 1 unspecified atom stereocenters. The molecule has 0 radical (unpaired) electrons. The predicted molar refractivity (Wildman–Crippen MR) is 96.6 cm³/mol. The van der Waals surface area contributed by atoms with Crippen molar-refractivity contribution in [3.63, 3.8) is 0 Å². The second kappa shape index (κ2) is 6.47. The Bertz CT molecular complexity index is 960. The molecule has 1 aliphatic heterocycles. The third-order valence-corrected chi connectivity index (χ3v) is 5.48. The standard InChI is InChI=1S/C21H21F3N2/c1-13-9-20-18(12-25(13)2)17-10-16(23)11-19(24)21(17)26(20)8-7-14-3-5-15(22)6-4-14/h3-6,10-11,13H,7-9,12H2,1-2H3. The van der Waals surface area contributed by atoms with Crippen molar-refractivity contribution < 1.29 is 13.2 Å². The summed E-state index contributed by atoms with van der Waals surface area (Å²) in [5.41, 5.74) is 3.56. The highest BCUT2D eigenvalue weighted by Crippen LogP contribution is 2.34. The summed E-state index contributed by atoms with van der Waals surface area (Å²) in [5, 5.41) is 0.662. The first-order valence-corrected chi connectivity index (χ1v) is 8.87. The molecule has 0 amide bonds. The van der Waals surface area contributed by atoms with Gasteiger partial charge in [0, 0.05) is 42.7 Å². The fourth-order valence-electron chi connectivity index (χ4n) is 3.91. The molecule has 0 saturated carbocycles. The number of fused-ring (bicyclic) bond motifs is 3. The quantitative estimate of drug-likeness (QED) is 0.660. The van der Waals surface area contributed by atoms with E-state index in [-0.39, 0.29) is 5.82 Å². The minimum atomic E-state index is -0.547. The minimum Gasteiger partial charge on any atom is -0.341 e. The molecule has 0 N–H and O–H groups in total. The molecular formula is C21H21F3N2. The zero-order valence-corrected chi connectivity index (χ0v) is 14.9. The van der Waals surface area contributed by atoms with Gasteiger partial charge < -0.3 is 4.57 Å². The Hall–Kier alpha value is -2.27. The Labute approximate surface area is 150 Å². The summed E-state index contributed by atoms with van der Waals surface area (Å²) >= 11 is 0. The van der Waals surface area contributed by atoms with Crippen LogP contribution in [0.5, 0.6) is 0 Å². The molecule has 26 heavy (non-hydrogen) atoms. The number of aryl methyl sites for hydroxylation is 2. The van der Waals surface area contributed by atoms with E-state index in [1.165, 1.54) is 18.2 Å². The summed E-state index contributed by atoms with van der Waals surface area (Å²) in [6.45, 7) is 3.40. The third kappa shape index (κ3) is 2.90. The van der Waals surface area contributed by atoms with Crippen molar-refractivity contribution in [2.75, 3.05) is 7.05 Å². The molecule has 4 rings (SSSR count). The number of likely N-dealkylation sites (N-methyl/N-ethyl adjacent to an activating group) is 1. The summed E-state index contributed by atoms with van der Waals surface area (Å²) in [7, 11) is 2.03. The van der Waals surface area contributed by atoms with Gasteiger partial charge in [0.15, 0.2) is 0 Å². The van der Waals surface area contributed by atoms with E-state index in [1.807, 2.05) is 11.6 Å². The van der Waals surface area contributed by atoms with Crippen LogP contribution >= 0.6 is 0 Å². The van der Waals surface area contributed by atoms with Crippen LogP contribution in [-0.2, 0) is 25.9 Å². The highest BCUT2D eigenvalue weighted by molar-refractivity contribution is 5.86. The Kier molecular flexibility index (Phi) is 4.27. The average molecular weight is 358 g/mol. The van der Waals surface area contributed by atoms with Crippen molar-refractivity contribution in [1.82, 2.24) is 9.47 Å². The van der Waals surface area contributed by atoms with E-state index < -0.39 is 11.6 Å². The molecule has 0 fully saturated rings. The molecule has 5 heteroatoms. The predicted octanol–water partition coefficient (Wildman–Crippen LogP) is 4.68. The van der Waals surface area contributed by atoms with Gasteiger partial charge in [0.05, 0.1) is 5.52 Å². The number of aromatic nitrogens is 1. The molecule has 3 aromatic rings. The Morgan fingerprint density at radius 2 is 1.77 bits per heavy atom. The molecule has 0 bridgehead atoms. The molecule has 136 valence electrons. The molecule has 0 spiro atoms. The van der Waals surface area contributed by atoms with Gasteiger partial charge in [0.1, 0.15) is 17.5 Å². The van der Waals surface area contributed by atoms with Crippen LogP contribution in [0.4, 0.5) is 13.2 Å². The maximum absolute atomic E-state index is 14.6. The number of benzene rings is 2. The van der Waals surface area contributed by atoms with Crippen LogP contribution in [-0.4, -0.2) is 22.6 Å². The second-order valence-electron chi connectivity index (χ2n) is 7.21. The monoisotopic (exact) mass is 358 g/mol. The van der Waals surface area contributed by atoms with E-state index in [2.05, 4.69) is 11.8 Å². The normalized spacial score (nSPS) is 17.7. The number of nitrogens with zero attached hydrogens (tertiary/aromatic N) is 2. The first-order valence-electron chi connectivity index (χ1n) is 8.87. The Morgan fingerprint density at radius 1 is 1.04 bits per heavy atom. The fourth-order valence-corrected chi connectivity index (χ4v) is 3.91. The van der Waals surface area contributed by atoms with Crippen LogP contribution in [0.2, 0.25) is 0 Å². The fraction of sp³-hybridized carbons (Fsp3) is 0.333. The van der Waals surface area contributed by atoms with E-state index in [0.29, 0.717) is 36.5 Å². The lowest BCUT2D eigenvalue weighted by Gasteiger charge is -2.31. The molecule has 1 atom stereocenters. The largest absolute Gasteiger partial charge is 0.341 e. The van der Waals surface area contributed by atoms with E-state index in [4.69, 9.17) is 0 Å². The molecule has 1 aliphatic rings. The summed E-state index contributed by atoms with van der Waals surface area (Å²) in [5.74, 6) is -1.34. The van der Waals surface area contributed by atoms with E-state index in [1.54, 1.807) is 12.1 Å². The lowest BCUT2D eigenvalue weighted by atomic mass is 10.00. The van der Waals surface area contributed by atoms with Crippen LogP contribution in [0.3, 0.4) is 0 Å². The van der Waals surface area contributed by atoms with Gasteiger partial charge in [0.2, 0.25) is 0 Å². The van der Waals surface area contributed by atoms with Crippen LogP contribution in [0.25, 0.3) is 10.9 Å².